The molecule has 0 unspecified atom stereocenters. The molecular weight excluding hydrogens is 326 g/mol. The van der Waals surface area contributed by atoms with Crippen molar-refractivity contribution in [3.8, 4) is 0 Å². The number of hydrogen-bond donors (Lipinski definition) is 1. The summed E-state index contributed by atoms with van der Waals surface area (Å²) in [7, 11) is 0. The average molecular weight is 341 g/mol. The number of nitro benzene ring substituents is 1. The quantitative estimate of drug-likeness (QED) is 0.567. The van der Waals surface area contributed by atoms with Crippen molar-refractivity contribution in [2.45, 2.75) is 19.9 Å². The van der Waals surface area contributed by atoms with Crippen molar-refractivity contribution in [3.05, 3.63) is 68.7 Å². The van der Waals surface area contributed by atoms with Crippen molar-refractivity contribution in [3.63, 3.8) is 0 Å². The largest absolute Gasteiger partial charge is 0.419 e. The van der Waals surface area contributed by atoms with Gasteiger partial charge in [-0.2, -0.15) is 0 Å². The van der Waals surface area contributed by atoms with Crippen molar-refractivity contribution in [2.75, 3.05) is 5.32 Å². The zero-order valence-corrected chi connectivity index (χ0v) is 13.4. The molecule has 0 saturated carbocycles. The zero-order chi connectivity index (χ0) is 18.0. The summed E-state index contributed by atoms with van der Waals surface area (Å²) in [6.07, 6.45) is 0.0333. The van der Waals surface area contributed by atoms with Gasteiger partial charge in [0, 0.05) is 19.0 Å². The average Bonchev–Trinajstić information content (AvgIpc) is 2.90. The molecule has 0 aliphatic rings. The third-order valence-electron chi connectivity index (χ3n) is 3.91. The van der Waals surface area contributed by atoms with E-state index in [4.69, 9.17) is 4.42 Å². The highest BCUT2D eigenvalue weighted by atomic mass is 16.6. The van der Waals surface area contributed by atoms with E-state index in [2.05, 4.69) is 5.32 Å². The molecule has 0 fully saturated rings. The Hall–Kier alpha value is -3.42. The van der Waals surface area contributed by atoms with Crippen LogP contribution in [-0.4, -0.2) is 15.4 Å². The third-order valence-corrected chi connectivity index (χ3v) is 3.91. The number of hydrogen-bond acceptors (Lipinski definition) is 5. The summed E-state index contributed by atoms with van der Waals surface area (Å²) in [5.41, 5.74) is 1.78. The number of amides is 1. The molecular formula is C17H15N3O5. The molecule has 8 heteroatoms. The fourth-order valence-electron chi connectivity index (χ4n) is 2.61. The van der Waals surface area contributed by atoms with Crippen molar-refractivity contribution in [1.82, 2.24) is 4.57 Å². The van der Waals surface area contributed by atoms with Gasteiger partial charge in [0.05, 0.1) is 21.7 Å². The molecule has 0 atom stereocenters. The first-order chi connectivity index (χ1) is 12.0. The van der Waals surface area contributed by atoms with Crippen molar-refractivity contribution in [1.29, 1.82) is 0 Å². The minimum atomic E-state index is -0.527. The van der Waals surface area contributed by atoms with Crippen LogP contribution >= 0.6 is 0 Å². The number of carbonyl (C=O) groups excluding carboxylic acids is 1. The molecule has 8 nitrogen and oxygen atoms in total. The molecule has 1 N–H and O–H groups in total. The van der Waals surface area contributed by atoms with E-state index in [1.807, 2.05) is 0 Å². The Morgan fingerprint density at radius 2 is 2.00 bits per heavy atom. The fourth-order valence-corrected chi connectivity index (χ4v) is 2.61. The van der Waals surface area contributed by atoms with Crippen LogP contribution in [0.3, 0.4) is 0 Å². The van der Waals surface area contributed by atoms with Crippen LogP contribution in [0.1, 0.15) is 12.0 Å². The summed E-state index contributed by atoms with van der Waals surface area (Å²) in [4.78, 5) is 34.5. The summed E-state index contributed by atoms with van der Waals surface area (Å²) in [6, 6.07) is 11.4. The summed E-state index contributed by atoms with van der Waals surface area (Å²) < 4.78 is 6.50. The van der Waals surface area contributed by atoms with E-state index in [1.165, 1.54) is 16.7 Å². The maximum absolute atomic E-state index is 12.2. The van der Waals surface area contributed by atoms with Gasteiger partial charge in [0.25, 0.3) is 5.69 Å². The van der Waals surface area contributed by atoms with Gasteiger partial charge in [-0.15, -0.1) is 0 Å². The summed E-state index contributed by atoms with van der Waals surface area (Å²) in [5, 5.41) is 13.6. The normalized spacial score (nSPS) is 10.8. The first kappa shape index (κ1) is 16.4. The Bertz CT molecular complexity index is 1020. The number of anilines is 1. The van der Waals surface area contributed by atoms with Gasteiger partial charge in [0.15, 0.2) is 5.58 Å². The highest BCUT2D eigenvalue weighted by Gasteiger charge is 2.15. The molecule has 0 aliphatic carbocycles. The lowest BCUT2D eigenvalue weighted by Gasteiger charge is -2.08. The first-order valence-corrected chi connectivity index (χ1v) is 7.59. The first-order valence-electron chi connectivity index (χ1n) is 7.59. The van der Waals surface area contributed by atoms with Gasteiger partial charge in [-0.1, -0.05) is 18.2 Å². The van der Waals surface area contributed by atoms with E-state index in [0.29, 0.717) is 22.4 Å². The van der Waals surface area contributed by atoms with Crippen LogP contribution in [0, 0.1) is 17.0 Å². The maximum atomic E-state index is 12.2. The minimum Gasteiger partial charge on any atom is -0.408 e. The van der Waals surface area contributed by atoms with Gasteiger partial charge < -0.3 is 9.73 Å². The van der Waals surface area contributed by atoms with E-state index in [-0.39, 0.29) is 24.6 Å². The molecule has 2 aromatic carbocycles. The molecule has 1 amide bonds. The van der Waals surface area contributed by atoms with Gasteiger partial charge in [0.2, 0.25) is 5.91 Å². The summed E-state index contributed by atoms with van der Waals surface area (Å²) in [5.74, 6) is -0.874. The number of benzene rings is 2. The second-order valence-corrected chi connectivity index (χ2v) is 5.49. The van der Waals surface area contributed by atoms with Gasteiger partial charge >= 0.3 is 5.76 Å². The van der Waals surface area contributed by atoms with E-state index < -0.39 is 10.7 Å². The van der Waals surface area contributed by atoms with E-state index in [0.717, 1.165) is 0 Å². The molecule has 0 radical (unpaired) electrons. The highest BCUT2D eigenvalue weighted by molar-refractivity contribution is 5.92. The van der Waals surface area contributed by atoms with Crippen LogP contribution < -0.4 is 11.1 Å². The topological polar surface area (TPSA) is 107 Å². The maximum Gasteiger partial charge on any atom is 0.419 e. The zero-order valence-electron chi connectivity index (χ0n) is 13.4. The molecule has 3 rings (SSSR count). The predicted octanol–water partition coefficient (Wildman–Crippen LogP) is 2.84. The van der Waals surface area contributed by atoms with Gasteiger partial charge in [0.1, 0.15) is 0 Å². The number of nitrogens with one attached hydrogen (secondary N) is 1. The number of carbonyl (C=O) groups is 1. The fraction of sp³-hybridized carbons (Fsp3) is 0.176. The number of aromatic nitrogens is 1. The Kier molecular flexibility index (Phi) is 4.34. The SMILES string of the molecule is Cc1c(NC(=O)CCn2c(=O)oc3ccccc32)cccc1[N+](=O)[O-]. The molecule has 0 saturated heterocycles. The number of oxazole rings is 1. The number of nitro groups is 1. The Balaban J connectivity index is 1.73. The van der Waals surface area contributed by atoms with Crippen LogP contribution in [-0.2, 0) is 11.3 Å². The van der Waals surface area contributed by atoms with E-state index in [9.17, 15) is 19.7 Å². The predicted molar refractivity (Wildman–Crippen MR) is 91.6 cm³/mol. The van der Waals surface area contributed by atoms with Crippen molar-refractivity contribution < 1.29 is 14.1 Å². The Morgan fingerprint density at radius 1 is 1.24 bits per heavy atom. The minimum absolute atomic E-state index is 0.0333. The lowest BCUT2D eigenvalue weighted by atomic mass is 10.1. The molecule has 0 aliphatic heterocycles. The van der Waals surface area contributed by atoms with E-state index in [1.54, 1.807) is 37.3 Å². The second kappa shape index (κ2) is 6.60. The van der Waals surface area contributed by atoms with Crippen LogP contribution in [0.2, 0.25) is 0 Å². The number of rotatable bonds is 5. The third kappa shape index (κ3) is 3.27. The Labute approximate surface area is 141 Å². The number of aryl methyl sites for hydroxylation is 1. The molecule has 25 heavy (non-hydrogen) atoms. The monoisotopic (exact) mass is 341 g/mol. The standard InChI is InChI=1S/C17H15N3O5/c1-11-12(5-4-7-13(11)20(23)24)18-16(21)9-10-19-14-6-2-3-8-15(14)25-17(19)22/h2-8H,9-10H2,1H3,(H,18,21). The van der Waals surface area contributed by atoms with Crippen molar-refractivity contribution >= 4 is 28.4 Å². The summed E-state index contributed by atoms with van der Waals surface area (Å²) in [6.45, 7) is 1.72. The summed E-state index contributed by atoms with van der Waals surface area (Å²) >= 11 is 0. The highest BCUT2D eigenvalue weighted by Crippen LogP contribution is 2.25. The number of para-hydroxylation sites is 2. The van der Waals surface area contributed by atoms with Gasteiger partial charge in [-0.05, 0) is 25.1 Å². The second-order valence-electron chi connectivity index (χ2n) is 5.49. The molecule has 1 heterocycles. The Morgan fingerprint density at radius 3 is 2.76 bits per heavy atom. The van der Waals surface area contributed by atoms with Crippen molar-refractivity contribution in [2.24, 2.45) is 0 Å². The van der Waals surface area contributed by atoms with Gasteiger partial charge in [-0.3, -0.25) is 19.5 Å². The molecule has 0 spiro atoms. The van der Waals surface area contributed by atoms with Crippen LogP contribution in [0.25, 0.3) is 11.1 Å². The lowest BCUT2D eigenvalue weighted by molar-refractivity contribution is -0.385. The van der Waals surface area contributed by atoms with Crippen LogP contribution in [0.15, 0.2) is 51.7 Å². The molecule has 0 bridgehead atoms. The number of nitrogens with zero attached hydrogens (tertiary/aromatic N) is 2. The molecule has 3 aromatic rings. The van der Waals surface area contributed by atoms with E-state index >= 15 is 0 Å². The molecule has 128 valence electrons. The van der Waals surface area contributed by atoms with Crippen LogP contribution in [0.4, 0.5) is 11.4 Å². The number of fused-ring (bicyclic) bond motifs is 1. The smallest absolute Gasteiger partial charge is 0.408 e. The van der Waals surface area contributed by atoms with Gasteiger partial charge in [-0.25, -0.2) is 4.79 Å². The van der Waals surface area contributed by atoms with Crippen LogP contribution in [0.5, 0.6) is 0 Å². The molecule has 1 aromatic heterocycles. The lowest BCUT2D eigenvalue weighted by Crippen LogP contribution is -2.20.